The van der Waals surface area contributed by atoms with E-state index in [9.17, 15) is 9.90 Å². The molecule has 20 heavy (non-hydrogen) atoms. The quantitative estimate of drug-likeness (QED) is 0.822. The molecule has 1 aromatic carbocycles. The molecule has 0 fully saturated rings. The lowest BCUT2D eigenvalue weighted by Crippen LogP contribution is -2.29. The Labute approximate surface area is 122 Å². The highest BCUT2D eigenvalue weighted by atomic mass is 32.2. The number of aliphatic hydroxyl groups is 1. The molecule has 2 aromatic rings. The predicted molar refractivity (Wildman–Crippen MR) is 79.3 cm³/mol. The van der Waals surface area contributed by atoms with E-state index in [0.717, 1.165) is 5.75 Å². The highest BCUT2D eigenvalue weighted by molar-refractivity contribution is 7.99. The zero-order chi connectivity index (χ0) is 14.2. The third kappa shape index (κ3) is 4.75. The van der Waals surface area contributed by atoms with E-state index in [1.165, 1.54) is 18.1 Å². The Bertz CT molecular complexity index is 513. The number of carbonyl (C=O) groups is 1. The van der Waals surface area contributed by atoms with Gasteiger partial charge in [0.25, 0.3) is 0 Å². The van der Waals surface area contributed by atoms with Crippen molar-refractivity contribution in [1.82, 2.24) is 5.32 Å². The largest absolute Gasteiger partial charge is 0.472 e. The number of hydrogen-bond donors (Lipinski definition) is 2. The summed E-state index contributed by atoms with van der Waals surface area (Å²) in [6.07, 6.45) is 2.24. The fourth-order valence-corrected chi connectivity index (χ4v) is 2.50. The van der Waals surface area contributed by atoms with Crippen LogP contribution in [-0.2, 0) is 10.5 Å². The summed E-state index contributed by atoms with van der Waals surface area (Å²) in [4.78, 5) is 11.6. The van der Waals surface area contributed by atoms with E-state index in [1.54, 1.807) is 17.8 Å². The monoisotopic (exact) mass is 291 g/mol. The van der Waals surface area contributed by atoms with E-state index in [-0.39, 0.29) is 12.5 Å². The lowest BCUT2D eigenvalue weighted by molar-refractivity contribution is -0.119. The topological polar surface area (TPSA) is 62.5 Å². The van der Waals surface area contributed by atoms with Crippen LogP contribution in [0, 0.1) is 0 Å². The molecule has 0 aliphatic carbocycles. The van der Waals surface area contributed by atoms with Crippen LogP contribution in [0.5, 0.6) is 0 Å². The first-order valence-electron chi connectivity index (χ1n) is 6.34. The van der Waals surface area contributed by atoms with Crippen LogP contribution in [0.25, 0.3) is 0 Å². The van der Waals surface area contributed by atoms with Crippen molar-refractivity contribution in [2.75, 3.05) is 12.3 Å². The fraction of sp³-hybridized carbons (Fsp3) is 0.267. The Morgan fingerprint density at radius 1 is 1.30 bits per heavy atom. The molecule has 0 saturated heterocycles. The van der Waals surface area contributed by atoms with E-state index >= 15 is 0 Å². The van der Waals surface area contributed by atoms with Gasteiger partial charge in [-0.25, -0.2) is 0 Å². The summed E-state index contributed by atoms with van der Waals surface area (Å²) in [7, 11) is 0. The first-order chi connectivity index (χ1) is 9.75. The Morgan fingerprint density at radius 3 is 2.80 bits per heavy atom. The van der Waals surface area contributed by atoms with Crippen LogP contribution in [0.2, 0.25) is 0 Å². The average Bonchev–Trinajstić information content (AvgIpc) is 3.00. The van der Waals surface area contributed by atoms with Gasteiger partial charge in [-0.15, -0.1) is 11.8 Å². The zero-order valence-electron chi connectivity index (χ0n) is 11.0. The second-order valence-corrected chi connectivity index (χ2v) is 5.34. The van der Waals surface area contributed by atoms with Gasteiger partial charge in [0.05, 0.1) is 24.4 Å². The molecule has 0 saturated carbocycles. The smallest absolute Gasteiger partial charge is 0.230 e. The van der Waals surface area contributed by atoms with Crippen molar-refractivity contribution in [3.05, 3.63) is 60.1 Å². The number of hydrogen-bond acceptors (Lipinski definition) is 4. The Balaban J connectivity index is 1.63. The molecule has 0 radical (unpaired) electrons. The van der Waals surface area contributed by atoms with E-state index in [4.69, 9.17) is 4.42 Å². The van der Waals surface area contributed by atoms with Crippen molar-refractivity contribution < 1.29 is 14.3 Å². The summed E-state index contributed by atoms with van der Waals surface area (Å²) < 4.78 is 4.88. The second-order valence-electron chi connectivity index (χ2n) is 4.35. The second kappa shape index (κ2) is 7.77. The van der Waals surface area contributed by atoms with Gasteiger partial charge in [0.15, 0.2) is 0 Å². The summed E-state index contributed by atoms with van der Waals surface area (Å²) in [5, 5.41) is 12.5. The molecule has 0 spiro atoms. The summed E-state index contributed by atoms with van der Waals surface area (Å²) in [6.45, 7) is 0.199. The molecule has 1 aromatic heterocycles. The molecule has 1 heterocycles. The van der Waals surface area contributed by atoms with E-state index < -0.39 is 6.10 Å². The molecule has 1 unspecified atom stereocenters. The molecule has 5 heteroatoms. The SMILES string of the molecule is O=C(CSCc1ccccc1)NCC(O)c1ccoc1. The number of aliphatic hydroxyl groups excluding tert-OH is 1. The van der Waals surface area contributed by atoms with Crippen LogP contribution in [0.4, 0.5) is 0 Å². The molecule has 1 atom stereocenters. The van der Waals surface area contributed by atoms with Crippen molar-refractivity contribution in [3.8, 4) is 0 Å². The van der Waals surface area contributed by atoms with Crippen molar-refractivity contribution >= 4 is 17.7 Å². The molecular formula is C15H17NO3S. The number of nitrogens with one attached hydrogen (secondary N) is 1. The maximum absolute atomic E-state index is 11.6. The van der Waals surface area contributed by atoms with Gasteiger partial charge in [0.1, 0.15) is 0 Å². The van der Waals surface area contributed by atoms with Gasteiger partial charge in [0, 0.05) is 17.9 Å². The summed E-state index contributed by atoms with van der Waals surface area (Å²) >= 11 is 1.55. The maximum atomic E-state index is 11.6. The third-order valence-electron chi connectivity index (χ3n) is 2.77. The molecule has 0 bridgehead atoms. The molecule has 106 valence electrons. The first-order valence-corrected chi connectivity index (χ1v) is 7.49. The number of furan rings is 1. The molecular weight excluding hydrogens is 274 g/mol. The number of rotatable bonds is 7. The van der Waals surface area contributed by atoms with E-state index in [2.05, 4.69) is 5.32 Å². The van der Waals surface area contributed by atoms with Gasteiger partial charge in [-0.3, -0.25) is 4.79 Å². The molecule has 1 amide bonds. The number of carbonyl (C=O) groups excluding carboxylic acids is 1. The third-order valence-corrected chi connectivity index (χ3v) is 3.77. The van der Waals surface area contributed by atoms with E-state index in [0.29, 0.717) is 11.3 Å². The van der Waals surface area contributed by atoms with Gasteiger partial charge in [-0.05, 0) is 11.6 Å². The van der Waals surface area contributed by atoms with Gasteiger partial charge < -0.3 is 14.8 Å². The van der Waals surface area contributed by atoms with Gasteiger partial charge in [0.2, 0.25) is 5.91 Å². The number of amides is 1. The maximum Gasteiger partial charge on any atom is 0.230 e. The van der Waals surface area contributed by atoms with Gasteiger partial charge in [-0.1, -0.05) is 30.3 Å². The van der Waals surface area contributed by atoms with Crippen LogP contribution >= 0.6 is 11.8 Å². The minimum absolute atomic E-state index is 0.0755. The van der Waals surface area contributed by atoms with Crippen LogP contribution in [0.15, 0.2) is 53.3 Å². The minimum atomic E-state index is -0.725. The average molecular weight is 291 g/mol. The summed E-state index contributed by atoms with van der Waals surface area (Å²) in [5.74, 6) is 1.11. The normalized spacial score (nSPS) is 12.1. The van der Waals surface area contributed by atoms with Crippen molar-refractivity contribution in [2.45, 2.75) is 11.9 Å². The standard InChI is InChI=1S/C15H17NO3S/c17-14(13-6-7-19-9-13)8-16-15(18)11-20-10-12-4-2-1-3-5-12/h1-7,9,14,17H,8,10-11H2,(H,16,18). The molecule has 0 aliphatic heterocycles. The predicted octanol–water partition coefficient (Wildman–Crippen LogP) is 2.36. The highest BCUT2D eigenvalue weighted by Crippen LogP contribution is 2.13. The lowest BCUT2D eigenvalue weighted by atomic mass is 10.2. The van der Waals surface area contributed by atoms with Crippen LogP contribution in [-0.4, -0.2) is 23.3 Å². The summed E-state index contributed by atoms with van der Waals surface area (Å²) in [6, 6.07) is 11.7. The van der Waals surface area contributed by atoms with Crippen LogP contribution < -0.4 is 5.32 Å². The van der Waals surface area contributed by atoms with Crippen molar-refractivity contribution in [3.63, 3.8) is 0 Å². The van der Waals surface area contributed by atoms with E-state index in [1.807, 2.05) is 30.3 Å². The Kier molecular flexibility index (Phi) is 5.70. The van der Waals surface area contributed by atoms with Gasteiger partial charge >= 0.3 is 0 Å². The number of thioether (sulfide) groups is 1. The zero-order valence-corrected chi connectivity index (χ0v) is 11.8. The van der Waals surface area contributed by atoms with Crippen molar-refractivity contribution in [2.24, 2.45) is 0 Å². The fourth-order valence-electron chi connectivity index (χ4n) is 1.68. The summed E-state index contributed by atoms with van der Waals surface area (Å²) in [5.41, 5.74) is 1.87. The molecule has 4 nitrogen and oxygen atoms in total. The van der Waals surface area contributed by atoms with Gasteiger partial charge in [-0.2, -0.15) is 0 Å². The highest BCUT2D eigenvalue weighted by Gasteiger charge is 2.10. The molecule has 2 N–H and O–H groups in total. The Morgan fingerprint density at radius 2 is 2.10 bits per heavy atom. The number of benzene rings is 1. The minimum Gasteiger partial charge on any atom is -0.472 e. The van der Waals surface area contributed by atoms with Crippen LogP contribution in [0.1, 0.15) is 17.2 Å². The van der Waals surface area contributed by atoms with Crippen LogP contribution in [0.3, 0.4) is 0 Å². The molecule has 0 aliphatic rings. The van der Waals surface area contributed by atoms with Crippen molar-refractivity contribution in [1.29, 1.82) is 0 Å². The molecule has 2 rings (SSSR count). The lowest BCUT2D eigenvalue weighted by Gasteiger charge is -2.09. The Hall–Kier alpha value is -1.72. The first kappa shape index (κ1) is 14.7.